The van der Waals surface area contributed by atoms with E-state index >= 15 is 0 Å². The van der Waals surface area contributed by atoms with Gasteiger partial charge in [0, 0.05) is 12.2 Å². The number of rotatable bonds is 5. The number of nitrogens with two attached hydrogens (primary N) is 1. The maximum atomic E-state index is 12.3. The third kappa shape index (κ3) is 4.18. The number of nitrogens with one attached hydrogen (secondary N) is 1. The van der Waals surface area contributed by atoms with Gasteiger partial charge in [-0.05, 0) is 49.3 Å². The van der Waals surface area contributed by atoms with E-state index in [1.807, 2.05) is 6.92 Å². The molecule has 0 aliphatic heterocycles. The van der Waals surface area contributed by atoms with Crippen LogP contribution in [0, 0.1) is 5.92 Å². The molecular weight excluding hydrogens is 288 g/mol. The highest BCUT2D eigenvalue weighted by molar-refractivity contribution is 7.89. The zero-order valence-electron chi connectivity index (χ0n) is 12.4. The van der Waals surface area contributed by atoms with Gasteiger partial charge in [-0.15, -0.1) is 0 Å². The molecule has 6 heteroatoms. The second-order valence-corrected chi connectivity index (χ2v) is 7.52. The first-order chi connectivity index (χ1) is 9.92. The van der Waals surface area contributed by atoms with Gasteiger partial charge in [-0.25, -0.2) is 13.1 Å². The number of sulfonamides is 1. The molecule has 0 saturated heterocycles. The van der Waals surface area contributed by atoms with Crippen LogP contribution in [-0.2, 0) is 16.4 Å². The zero-order valence-corrected chi connectivity index (χ0v) is 13.2. The normalized spacial score (nSPS) is 23.1. The van der Waals surface area contributed by atoms with Gasteiger partial charge < -0.3 is 10.8 Å². The average molecular weight is 312 g/mol. The lowest BCUT2D eigenvalue weighted by Gasteiger charge is -2.25. The van der Waals surface area contributed by atoms with Crippen molar-refractivity contribution in [3.05, 3.63) is 23.8 Å². The molecule has 0 heterocycles. The fourth-order valence-electron chi connectivity index (χ4n) is 2.82. The summed E-state index contributed by atoms with van der Waals surface area (Å²) in [5.41, 5.74) is 7.32. The molecule has 1 aliphatic rings. The van der Waals surface area contributed by atoms with Crippen molar-refractivity contribution in [1.82, 2.24) is 4.72 Å². The van der Waals surface area contributed by atoms with Crippen LogP contribution in [0.15, 0.2) is 23.1 Å². The number of aliphatic hydroxyl groups is 1. The van der Waals surface area contributed by atoms with Crippen molar-refractivity contribution >= 4 is 15.7 Å². The smallest absolute Gasteiger partial charge is 0.240 e. The molecule has 1 fully saturated rings. The molecule has 0 aromatic heterocycles. The molecule has 2 unspecified atom stereocenters. The van der Waals surface area contributed by atoms with E-state index in [1.165, 1.54) is 6.07 Å². The highest BCUT2D eigenvalue weighted by Gasteiger charge is 2.22. The molecule has 21 heavy (non-hydrogen) atoms. The Morgan fingerprint density at radius 1 is 1.38 bits per heavy atom. The molecule has 2 rings (SSSR count). The van der Waals surface area contributed by atoms with Crippen molar-refractivity contribution in [2.45, 2.75) is 50.0 Å². The van der Waals surface area contributed by atoms with Crippen LogP contribution in [0.2, 0.25) is 0 Å². The van der Waals surface area contributed by atoms with Crippen molar-refractivity contribution in [1.29, 1.82) is 0 Å². The third-order valence-electron chi connectivity index (χ3n) is 4.13. The van der Waals surface area contributed by atoms with E-state index in [0.717, 1.165) is 31.2 Å². The van der Waals surface area contributed by atoms with E-state index in [-0.39, 0.29) is 16.9 Å². The summed E-state index contributed by atoms with van der Waals surface area (Å²) >= 11 is 0. The predicted molar refractivity (Wildman–Crippen MR) is 83.4 cm³/mol. The molecule has 1 aromatic rings. The van der Waals surface area contributed by atoms with E-state index < -0.39 is 10.0 Å². The maximum absolute atomic E-state index is 12.3. The lowest BCUT2D eigenvalue weighted by Crippen LogP contribution is -2.33. The number of benzene rings is 1. The molecule has 5 nitrogen and oxygen atoms in total. The van der Waals surface area contributed by atoms with Crippen LogP contribution in [0.25, 0.3) is 0 Å². The summed E-state index contributed by atoms with van der Waals surface area (Å²) in [5.74, 6) is 0.204. The van der Waals surface area contributed by atoms with Crippen molar-refractivity contribution in [2.24, 2.45) is 5.92 Å². The van der Waals surface area contributed by atoms with Gasteiger partial charge in [0.25, 0.3) is 0 Å². The highest BCUT2D eigenvalue weighted by Crippen LogP contribution is 2.24. The molecule has 0 spiro atoms. The molecule has 0 bridgehead atoms. The topological polar surface area (TPSA) is 92.4 Å². The number of hydrogen-bond acceptors (Lipinski definition) is 4. The molecule has 1 aliphatic carbocycles. The monoisotopic (exact) mass is 312 g/mol. The lowest BCUT2D eigenvalue weighted by atomic mass is 9.87. The van der Waals surface area contributed by atoms with E-state index in [4.69, 9.17) is 5.73 Å². The lowest BCUT2D eigenvalue weighted by molar-refractivity contribution is 0.102. The average Bonchev–Trinajstić information content (AvgIpc) is 2.45. The number of anilines is 1. The number of hydrogen-bond donors (Lipinski definition) is 3. The Labute approximate surface area is 126 Å². The van der Waals surface area contributed by atoms with E-state index in [0.29, 0.717) is 18.7 Å². The third-order valence-corrected chi connectivity index (χ3v) is 5.55. The summed E-state index contributed by atoms with van der Waals surface area (Å²) < 4.78 is 27.2. The molecular formula is C15H24N2O3S. The van der Waals surface area contributed by atoms with Crippen LogP contribution in [0.4, 0.5) is 5.69 Å². The first kappa shape index (κ1) is 16.3. The summed E-state index contributed by atoms with van der Waals surface area (Å²) in [4.78, 5) is 0.202. The number of aryl methyl sites for hydroxylation is 1. The molecule has 1 saturated carbocycles. The summed E-state index contributed by atoms with van der Waals surface area (Å²) in [6, 6.07) is 4.86. The fraction of sp³-hybridized carbons (Fsp3) is 0.600. The zero-order chi connectivity index (χ0) is 15.5. The predicted octanol–water partition coefficient (Wildman–Crippen LogP) is 1.66. The Kier molecular flexibility index (Phi) is 5.24. The van der Waals surface area contributed by atoms with Crippen molar-refractivity contribution < 1.29 is 13.5 Å². The van der Waals surface area contributed by atoms with Gasteiger partial charge in [-0.3, -0.25) is 0 Å². The number of aliphatic hydroxyl groups excluding tert-OH is 1. The second kappa shape index (κ2) is 6.77. The molecule has 118 valence electrons. The van der Waals surface area contributed by atoms with Crippen molar-refractivity contribution in [2.75, 3.05) is 12.3 Å². The quantitative estimate of drug-likeness (QED) is 0.721. The minimum atomic E-state index is -3.54. The van der Waals surface area contributed by atoms with Gasteiger partial charge >= 0.3 is 0 Å². The van der Waals surface area contributed by atoms with Gasteiger partial charge in [0.1, 0.15) is 0 Å². The Hall–Kier alpha value is -1.11. The second-order valence-electron chi connectivity index (χ2n) is 5.75. The summed E-state index contributed by atoms with van der Waals surface area (Å²) in [7, 11) is -3.54. The van der Waals surface area contributed by atoms with Crippen molar-refractivity contribution in [3.8, 4) is 0 Å². The van der Waals surface area contributed by atoms with Crippen LogP contribution >= 0.6 is 0 Å². The molecule has 1 aromatic carbocycles. The van der Waals surface area contributed by atoms with Gasteiger partial charge in [0.2, 0.25) is 10.0 Å². The van der Waals surface area contributed by atoms with E-state index in [2.05, 4.69) is 4.72 Å². The molecule has 0 amide bonds. The Morgan fingerprint density at radius 2 is 2.14 bits per heavy atom. The van der Waals surface area contributed by atoms with Gasteiger partial charge in [0.05, 0.1) is 11.0 Å². The SMILES string of the molecule is CCc1ccc(S(=O)(=O)NCC2CCCC(O)C2)cc1N. The molecule has 2 atom stereocenters. The van der Waals surface area contributed by atoms with Crippen LogP contribution < -0.4 is 10.5 Å². The first-order valence-corrected chi connectivity index (χ1v) is 8.97. The van der Waals surface area contributed by atoms with E-state index in [1.54, 1.807) is 12.1 Å². The van der Waals surface area contributed by atoms with E-state index in [9.17, 15) is 13.5 Å². The summed E-state index contributed by atoms with van der Waals surface area (Å²) in [6.45, 7) is 2.35. The number of nitrogen functional groups attached to an aromatic ring is 1. The standard InChI is InChI=1S/C15H24N2O3S/c1-2-12-6-7-14(9-15(12)16)21(19,20)17-10-11-4-3-5-13(18)8-11/h6-7,9,11,13,17-18H,2-5,8,10,16H2,1H3. The largest absolute Gasteiger partial charge is 0.398 e. The van der Waals surface area contributed by atoms with Crippen molar-refractivity contribution in [3.63, 3.8) is 0 Å². The van der Waals surface area contributed by atoms with Gasteiger partial charge in [-0.2, -0.15) is 0 Å². The van der Waals surface area contributed by atoms with Crippen LogP contribution in [0.5, 0.6) is 0 Å². The first-order valence-electron chi connectivity index (χ1n) is 7.48. The fourth-order valence-corrected chi connectivity index (χ4v) is 3.97. The van der Waals surface area contributed by atoms with Crippen LogP contribution in [-0.4, -0.2) is 26.2 Å². The van der Waals surface area contributed by atoms with Crippen LogP contribution in [0.3, 0.4) is 0 Å². The van der Waals surface area contributed by atoms with Gasteiger partial charge in [0.15, 0.2) is 0 Å². The van der Waals surface area contributed by atoms with Gasteiger partial charge in [-0.1, -0.05) is 19.4 Å². The summed E-state index contributed by atoms with van der Waals surface area (Å²) in [6.07, 6.45) is 3.87. The molecule has 0 radical (unpaired) electrons. The Bertz CT molecular complexity index is 587. The Balaban J connectivity index is 2.02. The maximum Gasteiger partial charge on any atom is 0.240 e. The highest BCUT2D eigenvalue weighted by atomic mass is 32.2. The minimum Gasteiger partial charge on any atom is -0.398 e. The van der Waals surface area contributed by atoms with Crippen LogP contribution in [0.1, 0.15) is 38.2 Å². The summed E-state index contributed by atoms with van der Waals surface area (Å²) in [5, 5.41) is 9.63. The minimum absolute atomic E-state index is 0.202. The molecule has 4 N–H and O–H groups in total. The Morgan fingerprint density at radius 3 is 2.76 bits per heavy atom.